The normalized spacial score (nSPS) is 12.7. The van der Waals surface area contributed by atoms with E-state index < -0.39 is 5.91 Å². The fraction of sp³-hybridized carbons (Fsp3) is 0.111. The van der Waals surface area contributed by atoms with E-state index in [2.05, 4.69) is 4.99 Å². The maximum atomic E-state index is 12.1. The molecule has 0 saturated carbocycles. The van der Waals surface area contributed by atoms with Gasteiger partial charge in [0.05, 0.1) is 0 Å². The van der Waals surface area contributed by atoms with Gasteiger partial charge in [0.1, 0.15) is 12.4 Å². The molecule has 24 heavy (non-hydrogen) atoms. The zero-order valence-electron chi connectivity index (χ0n) is 13.0. The summed E-state index contributed by atoms with van der Waals surface area (Å²) < 4.78 is 5.66. The molecule has 0 bridgehead atoms. The minimum absolute atomic E-state index is 0.268. The number of benzene rings is 2. The first-order chi connectivity index (χ1) is 11.5. The van der Waals surface area contributed by atoms with Gasteiger partial charge in [-0.05, 0) is 60.0 Å². The fourth-order valence-electron chi connectivity index (χ4n) is 2.65. The lowest BCUT2D eigenvalue weighted by Crippen LogP contribution is -2.24. The number of nitrogens with two attached hydrogens (primary N) is 2. The second kappa shape index (κ2) is 6.37. The predicted octanol–water partition coefficient (Wildman–Crippen LogP) is 2.89. The van der Waals surface area contributed by atoms with Crippen molar-refractivity contribution in [2.24, 2.45) is 16.5 Å². The van der Waals surface area contributed by atoms with Crippen molar-refractivity contribution in [2.45, 2.75) is 6.92 Å². The number of fused-ring (bicyclic) bond motifs is 1. The van der Waals surface area contributed by atoms with Gasteiger partial charge < -0.3 is 16.2 Å². The second-order valence-electron chi connectivity index (χ2n) is 5.44. The lowest BCUT2D eigenvalue weighted by atomic mass is 9.91. The topological polar surface area (TPSA) is 90.7 Å². The van der Waals surface area contributed by atoms with Crippen molar-refractivity contribution in [3.05, 3.63) is 69.8 Å². The summed E-state index contributed by atoms with van der Waals surface area (Å²) in [6.07, 6.45) is 1.97. The number of guanidine groups is 1. The maximum Gasteiger partial charge on any atom is 0.280 e. The summed E-state index contributed by atoms with van der Waals surface area (Å²) in [5.41, 5.74) is 14.8. The number of hydrogen-bond donors (Lipinski definition) is 2. The van der Waals surface area contributed by atoms with Gasteiger partial charge in [0.2, 0.25) is 0 Å². The van der Waals surface area contributed by atoms with E-state index >= 15 is 0 Å². The van der Waals surface area contributed by atoms with E-state index in [1.165, 1.54) is 0 Å². The quantitative estimate of drug-likeness (QED) is 0.649. The first kappa shape index (κ1) is 16.1. The van der Waals surface area contributed by atoms with Crippen molar-refractivity contribution < 1.29 is 9.53 Å². The Morgan fingerprint density at radius 3 is 2.71 bits per heavy atom. The predicted molar refractivity (Wildman–Crippen MR) is 95.3 cm³/mol. The standard InChI is InChI=1S/C18H16ClN3O2/c1-10-2-4-12(19)9-14(10)13-6-7-24-16-5-3-11(8-15(13)16)17(23)22-18(20)21/h2-6,8-9H,7H2,1H3,(H4,20,21,22,23). The minimum Gasteiger partial charge on any atom is -0.489 e. The van der Waals surface area contributed by atoms with Gasteiger partial charge in [0, 0.05) is 16.1 Å². The summed E-state index contributed by atoms with van der Waals surface area (Å²) in [5, 5.41) is 0.650. The van der Waals surface area contributed by atoms with Crippen molar-refractivity contribution in [2.75, 3.05) is 6.61 Å². The van der Waals surface area contributed by atoms with Gasteiger partial charge in [-0.3, -0.25) is 4.79 Å². The van der Waals surface area contributed by atoms with Crippen LogP contribution < -0.4 is 16.2 Å². The molecule has 0 aliphatic carbocycles. The molecule has 0 saturated heterocycles. The first-order valence-corrected chi connectivity index (χ1v) is 7.71. The van der Waals surface area contributed by atoms with Crippen LogP contribution in [-0.2, 0) is 0 Å². The third-order valence-electron chi connectivity index (χ3n) is 3.76. The lowest BCUT2D eigenvalue weighted by Gasteiger charge is -2.21. The van der Waals surface area contributed by atoms with Crippen LogP contribution in [0.3, 0.4) is 0 Å². The van der Waals surface area contributed by atoms with Gasteiger partial charge in [0.25, 0.3) is 5.91 Å². The summed E-state index contributed by atoms with van der Waals surface area (Å²) in [6.45, 7) is 2.46. The molecule has 0 unspecified atom stereocenters. The molecule has 0 spiro atoms. The highest BCUT2D eigenvalue weighted by Crippen LogP contribution is 2.37. The van der Waals surface area contributed by atoms with Crippen LogP contribution in [0.15, 0.2) is 47.5 Å². The molecule has 122 valence electrons. The number of nitrogens with zero attached hydrogens (tertiary/aromatic N) is 1. The van der Waals surface area contributed by atoms with Crippen molar-refractivity contribution in [1.29, 1.82) is 0 Å². The second-order valence-corrected chi connectivity index (χ2v) is 5.88. The lowest BCUT2D eigenvalue weighted by molar-refractivity contribution is 0.100. The molecule has 0 atom stereocenters. The third-order valence-corrected chi connectivity index (χ3v) is 4.00. The summed E-state index contributed by atoms with van der Waals surface area (Å²) >= 11 is 6.14. The molecule has 0 radical (unpaired) electrons. The number of aryl methyl sites for hydroxylation is 1. The summed E-state index contributed by atoms with van der Waals surface area (Å²) in [5.74, 6) is -0.0610. The fourth-order valence-corrected chi connectivity index (χ4v) is 2.82. The maximum absolute atomic E-state index is 12.1. The smallest absolute Gasteiger partial charge is 0.280 e. The SMILES string of the molecule is Cc1ccc(Cl)cc1C1=CCOc2ccc(C(=O)N=C(N)N)cc21. The van der Waals surface area contributed by atoms with E-state index in [1.807, 2.05) is 31.2 Å². The summed E-state index contributed by atoms with van der Waals surface area (Å²) in [6, 6.07) is 10.8. The Kier molecular flexibility index (Phi) is 4.27. The van der Waals surface area contributed by atoms with E-state index in [9.17, 15) is 4.79 Å². The minimum atomic E-state index is -0.495. The molecule has 3 rings (SSSR count). The highest BCUT2D eigenvalue weighted by atomic mass is 35.5. The highest BCUT2D eigenvalue weighted by Gasteiger charge is 2.19. The van der Waals surface area contributed by atoms with Gasteiger partial charge >= 0.3 is 0 Å². The van der Waals surface area contributed by atoms with Crippen LogP contribution >= 0.6 is 11.6 Å². The number of amides is 1. The van der Waals surface area contributed by atoms with Crippen LogP contribution in [0.2, 0.25) is 5.02 Å². The Labute approximate surface area is 144 Å². The number of carbonyl (C=O) groups excluding carboxylic acids is 1. The summed E-state index contributed by atoms with van der Waals surface area (Å²) in [4.78, 5) is 15.7. The van der Waals surface area contributed by atoms with E-state index in [4.69, 9.17) is 27.8 Å². The van der Waals surface area contributed by atoms with Crippen molar-refractivity contribution in [3.8, 4) is 5.75 Å². The Bertz CT molecular complexity index is 884. The number of hydrogen-bond acceptors (Lipinski definition) is 2. The first-order valence-electron chi connectivity index (χ1n) is 7.33. The van der Waals surface area contributed by atoms with Crippen LogP contribution in [0.5, 0.6) is 5.75 Å². The van der Waals surface area contributed by atoms with Gasteiger partial charge in [0.15, 0.2) is 5.96 Å². The van der Waals surface area contributed by atoms with Crippen molar-refractivity contribution >= 4 is 29.0 Å². The Balaban J connectivity index is 2.11. The number of aliphatic imine (C=N–C) groups is 1. The third kappa shape index (κ3) is 3.12. The van der Waals surface area contributed by atoms with E-state index in [0.717, 1.165) is 22.3 Å². The molecule has 1 amide bonds. The highest BCUT2D eigenvalue weighted by molar-refractivity contribution is 6.30. The number of halogens is 1. The Hall–Kier alpha value is -2.79. The molecule has 1 aliphatic heterocycles. The van der Waals surface area contributed by atoms with Gasteiger partial charge in [-0.15, -0.1) is 0 Å². The molecule has 6 heteroatoms. The van der Waals surface area contributed by atoms with Crippen LogP contribution in [0.4, 0.5) is 0 Å². The van der Waals surface area contributed by atoms with Crippen LogP contribution in [-0.4, -0.2) is 18.5 Å². The molecular formula is C18H16ClN3O2. The molecule has 2 aromatic rings. The van der Waals surface area contributed by atoms with E-state index in [1.54, 1.807) is 18.2 Å². The van der Waals surface area contributed by atoms with Crippen molar-refractivity contribution in [1.82, 2.24) is 0 Å². The zero-order chi connectivity index (χ0) is 17.3. The number of ether oxygens (including phenoxy) is 1. The largest absolute Gasteiger partial charge is 0.489 e. The van der Waals surface area contributed by atoms with E-state index in [-0.39, 0.29) is 5.96 Å². The average Bonchev–Trinajstić information content (AvgIpc) is 2.55. The molecule has 4 N–H and O–H groups in total. The van der Waals surface area contributed by atoms with Crippen LogP contribution in [0.25, 0.3) is 5.57 Å². The molecule has 1 heterocycles. The molecule has 2 aromatic carbocycles. The van der Waals surface area contributed by atoms with Gasteiger partial charge in [-0.2, -0.15) is 4.99 Å². The Morgan fingerprint density at radius 1 is 1.17 bits per heavy atom. The molecule has 0 fully saturated rings. The van der Waals surface area contributed by atoms with Gasteiger partial charge in [-0.25, -0.2) is 0 Å². The summed E-state index contributed by atoms with van der Waals surface area (Å²) in [7, 11) is 0. The monoisotopic (exact) mass is 341 g/mol. The molecule has 0 aromatic heterocycles. The zero-order valence-corrected chi connectivity index (χ0v) is 13.8. The molecule has 5 nitrogen and oxygen atoms in total. The van der Waals surface area contributed by atoms with Crippen LogP contribution in [0, 0.1) is 6.92 Å². The van der Waals surface area contributed by atoms with Gasteiger partial charge in [-0.1, -0.05) is 17.7 Å². The van der Waals surface area contributed by atoms with Crippen molar-refractivity contribution in [3.63, 3.8) is 0 Å². The number of rotatable bonds is 2. The van der Waals surface area contributed by atoms with Crippen LogP contribution in [0.1, 0.15) is 27.0 Å². The van der Waals surface area contributed by atoms with E-state index in [0.29, 0.717) is 22.9 Å². The Morgan fingerprint density at radius 2 is 1.96 bits per heavy atom. The molecule has 1 aliphatic rings. The number of carbonyl (C=O) groups is 1. The molecular weight excluding hydrogens is 326 g/mol. The average molecular weight is 342 g/mol.